The summed E-state index contributed by atoms with van der Waals surface area (Å²) in [4.78, 5) is 18.6. The summed E-state index contributed by atoms with van der Waals surface area (Å²) in [5.41, 5.74) is 0.759. The summed E-state index contributed by atoms with van der Waals surface area (Å²) in [6, 6.07) is 7.48. The van der Waals surface area contributed by atoms with Crippen LogP contribution < -0.4 is 4.74 Å². The molecule has 1 aromatic heterocycles. The highest BCUT2D eigenvalue weighted by molar-refractivity contribution is 5.82. The highest BCUT2D eigenvalue weighted by atomic mass is 16.5. The van der Waals surface area contributed by atoms with Crippen molar-refractivity contribution in [3.05, 3.63) is 30.2 Å². The zero-order valence-corrected chi connectivity index (χ0v) is 12.8. The van der Waals surface area contributed by atoms with Crippen molar-refractivity contribution < 1.29 is 14.1 Å². The third-order valence-electron chi connectivity index (χ3n) is 4.00. The van der Waals surface area contributed by atoms with Crippen LogP contribution in [0.5, 0.6) is 5.75 Å². The number of likely N-dealkylation sites (tertiary alicyclic amines) is 1. The van der Waals surface area contributed by atoms with Gasteiger partial charge in [-0.25, -0.2) is 0 Å². The number of nitrogens with zero attached hydrogens (tertiary/aromatic N) is 3. The minimum absolute atomic E-state index is 0.0488. The van der Waals surface area contributed by atoms with Crippen LogP contribution in [0.4, 0.5) is 0 Å². The molecule has 1 fully saturated rings. The largest absolute Gasteiger partial charge is 0.496 e. The van der Waals surface area contributed by atoms with Crippen molar-refractivity contribution in [1.29, 1.82) is 0 Å². The summed E-state index contributed by atoms with van der Waals surface area (Å²) in [5, 5.41) is 4.02. The topological polar surface area (TPSA) is 68.5 Å². The normalized spacial score (nSPS) is 19.1. The van der Waals surface area contributed by atoms with Crippen molar-refractivity contribution in [3.8, 4) is 17.1 Å². The van der Waals surface area contributed by atoms with Crippen molar-refractivity contribution in [2.75, 3.05) is 20.7 Å². The fourth-order valence-electron chi connectivity index (χ4n) is 2.74. The van der Waals surface area contributed by atoms with Crippen LogP contribution in [0.3, 0.4) is 0 Å². The fourth-order valence-corrected chi connectivity index (χ4v) is 2.74. The smallest absolute Gasteiger partial charge is 0.239 e. The van der Waals surface area contributed by atoms with Crippen LogP contribution in [0.1, 0.15) is 31.1 Å². The maximum Gasteiger partial charge on any atom is 0.239 e. The van der Waals surface area contributed by atoms with E-state index in [1.165, 1.54) is 0 Å². The zero-order valence-electron chi connectivity index (χ0n) is 12.8. The van der Waals surface area contributed by atoms with Gasteiger partial charge in [-0.3, -0.25) is 4.79 Å². The molecule has 0 radical (unpaired) electrons. The molecule has 2 aromatic rings. The van der Waals surface area contributed by atoms with Crippen LogP contribution >= 0.6 is 0 Å². The molecule has 1 saturated heterocycles. The van der Waals surface area contributed by atoms with Gasteiger partial charge in [0, 0.05) is 13.6 Å². The Morgan fingerprint density at radius 3 is 2.95 bits per heavy atom. The molecule has 6 nitrogen and oxygen atoms in total. The van der Waals surface area contributed by atoms with Crippen LogP contribution in [0.25, 0.3) is 11.4 Å². The lowest BCUT2D eigenvalue weighted by molar-refractivity contribution is -0.131. The number of hydrogen-bond acceptors (Lipinski definition) is 5. The van der Waals surface area contributed by atoms with Gasteiger partial charge in [0.1, 0.15) is 11.7 Å². The first kappa shape index (κ1) is 14.6. The van der Waals surface area contributed by atoms with E-state index < -0.39 is 0 Å². The Morgan fingerprint density at radius 1 is 1.32 bits per heavy atom. The first-order chi connectivity index (χ1) is 10.7. The molecule has 1 unspecified atom stereocenters. The Balaban J connectivity index is 1.91. The van der Waals surface area contributed by atoms with E-state index in [-0.39, 0.29) is 11.8 Å². The minimum atomic E-state index is -0.344. The maximum atomic E-state index is 12.4. The maximum absolute atomic E-state index is 12.4. The first-order valence-corrected chi connectivity index (χ1v) is 7.42. The summed E-state index contributed by atoms with van der Waals surface area (Å²) in [7, 11) is 3.42. The first-order valence-electron chi connectivity index (χ1n) is 7.42. The van der Waals surface area contributed by atoms with E-state index >= 15 is 0 Å². The molecule has 2 heterocycles. The number of hydrogen-bond donors (Lipinski definition) is 0. The minimum Gasteiger partial charge on any atom is -0.496 e. The van der Waals surface area contributed by atoms with Crippen LogP contribution in [-0.2, 0) is 4.79 Å². The molecule has 0 spiro atoms. The van der Waals surface area contributed by atoms with Crippen LogP contribution in [0, 0.1) is 0 Å². The molecule has 1 aromatic carbocycles. The number of amides is 1. The molecule has 1 aliphatic heterocycles. The number of ether oxygens (including phenoxy) is 1. The summed E-state index contributed by atoms with van der Waals surface area (Å²) >= 11 is 0. The summed E-state index contributed by atoms with van der Waals surface area (Å²) in [6.45, 7) is 0.781. The van der Waals surface area contributed by atoms with Crippen LogP contribution in [-0.4, -0.2) is 41.6 Å². The Hall–Kier alpha value is -2.37. The van der Waals surface area contributed by atoms with E-state index in [1.54, 1.807) is 12.0 Å². The predicted octanol–water partition coefficient (Wildman–Crippen LogP) is 2.47. The highest BCUT2D eigenvalue weighted by Crippen LogP contribution is 2.31. The average Bonchev–Trinajstić information content (AvgIpc) is 2.97. The number of aromatic nitrogens is 2. The SMILES string of the molecule is COc1ccccc1-c1noc(C2CCCCN(C)C2=O)n1. The molecule has 1 atom stereocenters. The molecule has 1 aliphatic rings. The van der Waals surface area contributed by atoms with Gasteiger partial charge in [-0.05, 0) is 25.0 Å². The molecule has 3 rings (SSSR count). The Labute approximate surface area is 129 Å². The number of para-hydroxylation sites is 1. The fraction of sp³-hybridized carbons (Fsp3) is 0.438. The van der Waals surface area contributed by atoms with Gasteiger partial charge in [0.05, 0.1) is 12.7 Å². The highest BCUT2D eigenvalue weighted by Gasteiger charge is 2.31. The van der Waals surface area contributed by atoms with Gasteiger partial charge in [-0.1, -0.05) is 23.7 Å². The van der Waals surface area contributed by atoms with Crippen molar-refractivity contribution in [2.24, 2.45) is 0 Å². The van der Waals surface area contributed by atoms with Gasteiger partial charge < -0.3 is 14.2 Å². The van der Waals surface area contributed by atoms with E-state index in [1.807, 2.05) is 31.3 Å². The molecule has 0 saturated carbocycles. The second-order valence-electron chi connectivity index (χ2n) is 5.46. The second kappa shape index (κ2) is 6.17. The molecule has 0 N–H and O–H groups in total. The lowest BCUT2D eigenvalue weighted by Gasteiger charge is -2.16. The van der Waals surface area contributed by atoms with Crippen molar-refractivity contribution >= 4 is 5.91 Å². The lowest BCUT2D eigenvalue weighted by atomic mass is 10.0. The number of benzene rings is 1. The summed E-state index contributed by atoms with van der Waals surface area (Å²) in [5.74, 6) is 1.22. The average molecular weight is 301 g/mol. The number of methoxy groups -OCH3 is 1. The molecular weight excluding hydrogens is 282 g/mol. The van der Waals surface area contributed by atoms with E-state index in [0.717, 1.165) is 31.4 Å². The quantitative estimate of drug-likeness (QED) is 0.871. The third-order valence-corrected chi connectivity index (χ3v) is 4.00. The van der Waals surface area contributed by atoms with Crippen molar-refractivity contribution in [3.63, 3.8) is 0 Å². The number of likely N-dealkylation sites (N-methyl/N-ethyl adjacent to an activating group) is 1. The van der Waals surface area contributed by atoms with Gasteiger partial charge in [0.2, 0.25) is 17.6 Å². The molecule has 22 heavy (non-hydrogen) atoms. The van der Waals surface area contributed by atoms with E-state index in [4.69, 9.17) is 9.26 Å². The van der Waals surface area contributed by atoms with Gasteiger partial charge in [0.25, 0.3) is 0 Å². The number of carbonyl (C=O) groups is 1. The standard InChI is InChI=1S/C16H19N3O3/c1-19-10-6-5-8-12(16(19)20)15-17-14(18-22-15)11-7-3-4-9-13(11)21-2/h3-4,7,9,12H,5-6,8,10H2,1-2H3. The zero-order chi connectivity index (χ0) is 15.5. The van der Waals surface area contributed by atoms with Crippen molar-refractivity contribution in [1.82, 2.24) is 15.0 Å². The Kier molecular flexibility index (Phi) is 4.09. The summed E-state index contributed by atoms with van der Waals surface area (Å²) < 4.78 is 10.7. The van der Waals surface area contributed by atoms with Gasteiger partial charge >= 0.3 is 0 Å². The van der Waals surface area contributed by atoms with E-state index in [0.29, 0.717) is 17.5 Å². The molecule has 0 aliphatic carbocycles. The second-order valence-corrected chi connectivity index (χ2v) is 5.46. The molecule has 1 amide bonds. The molecule has 6 heteroatoms. The molecule has 116 valence electrons. The predicted molar refractivity (Wildman–Crippen MR) is 80.5 cm³/mol. The molecule has 0 bridgehead atoms. The van der Waals surface area contributed by atoms with Crippen LogP contribution in [0.2, 0.25) is 0 Å². The Bertz CT molecular complexity index is 668. The van der Waals surface area contributed by atoms with Crippen LogP contribution in [0.15, 0.2) is 28.8 Å². The Morgan fingerprint density at radius 2 is 2.14 bits per heavy atom. The monoisotopic (exact) mass is 301 g/mol. The van der Waals surface area contributed by atoms with E-state index in [2.05, 4.69) is 10.1 Å². The third kappa shape index (κ3) is 2.68. The van der Waals surface area contributed by atoms with Gasteiger partial charge in [0.15, 0.2) is 0 Å². The van der Waals surface area contributed by atoms with Crippen molar-refractivity contribution in [2.45, 2.75) is 25.2 Å². The van der Waals surface area contributed by atoms with E-state index in [9.17, 15) is 4.79 Å². The lowest BCUT2D eigenvalue weighted by Crippen LogP contribution is -2.30. The van der Waals surface area contributed by atoms with Gasteiger partial charge in [-0.15, -0.1) is 0 Å². The molecular formula is C16H19N3O3. The number of carbonyl (C=O) groups excluding carboxylic acids is 1. The number of rotatable bonds is 3. The van der Waals surface area contributed by atoms with Gasteiger partial charge in [-0.2, -0.15) is 4.98 Å². The summed E-state index contributed by atoms with van der Waals surface area (Å²) in [6.07, 6.45) is 2.73.